The van der Waals surface area contributed by atoms with Gasteiger partial charge in [0, 0.05) is 34.7 Å². The van der Waals surface area contributed by atoms with Gasteiger partial charge in [-0.1, -0.05) is 37.3 Å². The Morgan fingerprint density at radius 2 is 1.89 bits per heavy atom. The van der Waals surface area contributed by atoms with E-state index in [1.807, 2.05) is 31.2 Å². The minimum atomic E-state index is -0.803. The van der Waals surface area contributed by atoms with Crippen molar-refractivity contribution in [3.05, 3.63) is 88.0 Å². The highest BCUT2D eigenvalue weighted by molar-refractivity contribution is 7.99. The second kappa shape index (κ2) is 11.1. The maximum Gasteiger partial charge on any atom is 0.336 e. The van der Waals surface area contributed by atoms with E-state index in [4.69, 9.17) is 9.47 Å². The molecule has 35 heavy (non-hydrogen) atoms. The van der Waals surface area contributed by atoms with Crippen molar-refractivity contribution < 1.29 is 23.5 Å². The van der Waals surface area contributed by atoms with Crippen molar-refractivity contribution in [1.29, 1.82) is 0 Å². The van der Waals surface area contributed by atoms with Gasteiger partial charge >= 0.3 is 5.97 Å². The Balaban J connectivity index is 1.70. The monoisotopic (exact) mass is 495 g/mol. The molecule has 0 saturated heterocycles. The van der Waals surface area contributed by atoms with E-state index < -0.39 is 17.7 Å². The largest absolute Gasteiger partial charge is 0.497 e. The van der Waals surface area contributed by atoms with Gasteiger partial charge < -0.3 is 14.8 Å². The van der Waals surface area contributed by atoms with Gasteiger partial charge in [0.25, 0.3) is 0 Å². The van der Waals surface area contributed by atoms with E-state index in [0.717, 1.165) is 22.8 Å². The molecule has 184 valence electrons. The molecule has 4 rings (SSSR count). The first-order valence-electron chi connectivity index (χ1n) is 11.8. The summed E-state index contributed by atoms with van der Waals surface area (Å²) in [6.07, 6.45) is 0.872. The Morgan fingerprint density at radius 3 is 2.57 bits per heavy atom. The Kier molecular flexibility index (Phi) is 7.96. The summed E-state index contributed by atoms with van der Waals surface area (Å²) < 4.78 is 25.8. The van der Waals surface area contributed by atoms with Crippen LogP contribution in [0.2, 0.25) is 0 Å². The molecule has 7 heteroatoms. The fourth-order valence-corrected chi connectivity index (χ4v) is 5.35. The van der Waals surface area contributed by atoms with Crippen LogP contribution in [0.4, 0.5) is 4.39 Å². The summed E-state index contributed by atoms with van der Waals surface area (Å²) in [5.41, 5.74) is 3.44. The molecule has 2 aliphatic rings. The SMILES string of the molecule is CCSCCOC(=O)C1=C(C)NC2=C(C(=O)C[C@@H](c3ccc(OC)cc3)C2)[C@H]1c1ccccc1F. The van der Waals surface area contributed by atoms with Crippen LogP contribution in [0.25, 0.3) is 0 Å². The van der Waals surface area contributed by atoms with E-state index in [1.54, 1.807) is 44.0 Å². The summed E-state index contributed by atoms with van der Waals surface area (Å²) in [6, 6.07) is 14.1. The molecule has 5 nitrogen and oxygen atoms in total. The standard InChI is InChI=1S/C28H30FNO4S/c1-4-35-14-13-34-28(32)25-17(2)30-23-15-19(18-9-11-20(33-3)12-10-18)16-24(31)27(23)26(25)21-7-5-6-8-22(21)29/h5-12,19,26,30H,4,13-16H2,1-3H3/t19-,26-/m0/s1. The number of carbonyl (C=O) groups is 2. The van der Waals surface area contributed by atoms with Gasteiger partial charge in [-0.05, 0) is 48.8 Å². The number of dihydropyridines is 1. The first kappa shape index (κ1) is 25.0. The first-order chi connectivity index (χ1) is 16.9. The lowest BCUT2D eigenvalue weighted by molar-refractivity contribution is -0.138. The molecule has 0 spiro atoms. The molecule has 0 radical (unpaired) electrons. The lowest BCUT2D eigenvalue weighted by Crippen LogP contribution is -2.36. The Morgan fingerprint density at radius 1 is 1.14 bits per heavy atom. The highest BCUT2D eigenvalue weighted by atomic mass is 32.2. The van der Waals surface area contributed by atoms with Gasteiger partial charge in [-0.2, -0.15) is 11.8 Å². The predicted octanol–water partition coefficient (Wildman–Crippen LogP) is 5.49. The third kappa shape index (κ3) is 5.30. The summed E-state index contributed by atoms with van der Waals surface area (Å²) >= 11 is 1.68. The number of carbonyl (C=O) groups excluding carboxylic acids is 2. The predicted molar refractivity (Wildman–Crippen MR) is 136 cm³/mol. The minimum absolute atomic E-state index is 0.0201. The number of ketones is 1. The van der Waals surface area contributed by atoms with E-state index in [9.17, 15) is 9.59 Å². The highest BCUT2D eigenvalue weighted by Crippen LogP contribution is 2.46. The number of nitrogens with one attached hydrogen (secondary N) is 1. The van der Waals surface area contributed by atoms with E-state index in [0.29, 0.717) is 34.6 Å². The number of benzene rings is 2. The van der Waals surface area contributed by atoms with Crippen LogP contribution in [0, 0.1) is 5.82 Å². The average Bonchev–Trinajstić information content (AvgIpc) is 2.86. The molecule has 2 aromatic rings. The number of hydrogen-bond donors (Lipinski definition) is 1. The van der Waals surface area contributed by atoms with Crippen LogP contribution in [-0.4, -0.2) is 37.0 Å². The van der Waals surface area contributed by atoms with E-state index in [-0.39, 0.29) is 24.7 Å². The maximum absolute atomic E-state index is 15.0. The first-order valence-corrected chi connectivity index (χ1v) is 13.0. The fraction of sp³-hybridized carbons (Fsp3) is 0.357. The van der Waals surface area contributed by atoms with Gasteiger partial charge in [0.1, 0.15) is 18.2 Å². The van der Waals surface area contributed by atoms with Gasteiger partial charge in [0.05, 0.1) is 18.6 Å². The molecule has 0 bridgehead atoms. The Hall–Kier alpha value is -3.06. The molecular formula is C28H30FNO4S. The molecule has 1 aliphatic carbocycles. The molecule has 0 aromatic heterocycles. The summed E-state index contributed by atoms with van der Waals surface area (Å²) in [5.74, 6) is 0.489. The van der Waals surface area contributed by atoms with Gasteiger partial charge in [-0.15, -0.1) is 0 Å². The van der Waals surface area contributed by atoms with Crippen LogP contribution >= 0.6 is 11.8 Å². The van der Waals surface area contributed by atoms with Crippen molar-refractivity contribution in [2.24, 2.45) is 0 Å². The molecule has 1 heterocycles. The van der Waals surface area contributed by atoms with Crippen LogP contribution < -0.4 is 10.1 Å². The van der Waals surface area contributed by atoms with Crippen LogP contribution in [0.5, 0.6) is 5.75 Å². The summed E-state index contributed by atoms with van der Waals surface area (Å²) in [5, 5.41) is 3.31. The summed E-state index contributed by atoms with van der Waals surface area (Å²) in [4.78, 5) is 26.8. The lowest BCUT2D eigenvalue weighted by atomic mass is 9.71. The summed E-state index contributed by atoms with van der Waals surface area (Å²) in [6.45, 7) is 4.09. The van der Waals surface area contributed by atoms with Crippen LogP contribution in [-0.2, 0) is 14.3 Å². The van der Waals surface area contributed by atoms with Crippen molar-refractivity contribution in [3.63, 3.8) is 0 Å². The van der Waals surface area contributed by atoms with Crippen molar-refractivity contribution in [1.82, 2.24) is 5.32 Å². The van der Waals surface area contributed by atoms with Crippen LogP contribution in [0.15, 0.2) is 71.1 Å². The molecule has 0 amide bonds. The highest BCUT2D eigenvalue weighted by Gasteiger charge is 2.42. The molecule has 1 aliphatic heterocycles. The quantitative estimate of drug-likeness (QED) is 0.386. The molecule has 0 unspecified atom stereocenters. The van der Waals surface area contributed by atoms with Crippen LogP contribution in [0.1, 0.15) is 49.7 Å². The van der Waals surface area contributed by atoms with E-state index in [2.05, 4.69) is 5.32 Å². The molecule has 0 saturated carbocycles. The Labute approximate surface area is 209 Å². The second-order valence-electron chi connectivity index (χ2n) is 8.64. The Bertz CT molecular complexity index is 1170. The topological polar surface area (TPSA) is 64.6 Å². The van der Waals surface area contributed by atoms with Gasteiger partial charge in [0.2, 0.25) is 0 Å². The van der Waals surface area contributed by atoms with Gasteiger partial charge in [-0.25, -0.2) is 9.18 Å². The van der Waals surface area contributed by atoms with Gasteiger partial charge in [0.15, 0.2) is 5.78 Å². The zero-order valence-electron chi connectivity index (χ0n) is 20.2. The number of thioether (sulfide) groups is 1. The third-order valence-electron chi connectivity index (χ3n) is 6.52. The van der Waals surface area contributed by atoms with E-state index in [1.165, 1.54) is 6.07 Å². The normalized spacial score (nSPS) is 19.8. The van der Waals surface area contributed by atoms with Crippen molar-refractivity contribution in [3.8, 4) is 5.75 Å². The van der Waals surface area contributed by atoms with E-state index >= 15 is 4.39 Å². The van der Waals surface area contributed by atoms with Crippen molar-refractivity contribution in [2.75, 3.05) is 25.2 Å². The number of rotatable bonds is 8. The number of allylic oxidation sites excluding steroid dienone is 3. The van der Waals surface area contributed by atoms with Crippen molar-refractivity contribution >= 4 is 23.5 Å². The van der Waals surface area contributed by atoms with Crippen molar-refractivity contribution in [2.45, 2.75) is 38.5 Å². The number of hydrogen-bond acceptors (Lipinski definition) is 6. The second-order valence-corrected chi connectivity index (χ2v) is 10.0. The molecule has 1 N–H and O–H groups in total. The molecule has 0 fully saturated rings. The summed E-state index contributed by atoms with van der Waals surface area (Å²) in [7, 11) is 1.62. The zero-order chi connectivity index (χ0) is 24.9. The molecular weight excluding hydrogens is 465 g/mol. The average molecular weight is 496 g/mol. The number of methoxy groups -OCH3 is 1. The number of esters is 1. The zero-order valence-corrected chi connectivity index (χ0v) is 21.0. The number of Topliss-reactive ketones (excluding diaryl/α,β-unsaturated/α-hetero) is 1. The minimum Gasteiger partial charge on any atom is -0.497 e. The molecule has 2 atom stereocenters. The number of ether oxygens (including phenoxy) is 2. The van der Waals surface area contributed by atoms with Crippen LogP contribution in [0.3, 0.4) is 0 Å². The smallest absolute Gasteiger partial charge is 0.336 e. The fourth-order valence-electron chi connectivity index (χ4n) is 4.86. The molecule has 2 aromatic carbocycles. The maximum atomic E-state index is 15.0. The van der Waals surface area contributed by atoms with Gasteiger partial charge in [-0.3, -0.25) is 4.79 Å². The lowest BCUT2D eigenvalue weighted by Gasteiger charge is -2.36. The number of halogens is 1. The third-order valence-corrected chi connectivity index (χ3v) is 7.38.